The Labute approximate surface area is 125 Å². The van der Waals surface area contributed by atoms with Gasteiger partial charge in [0.25, 0.3) is 0 Å². The van der Waals surface area contributed by atoms with Crippen LogP contribution >= 0.6 is 0 Å². The number of ether oxygens (including phenoxy) is 1. The number of hydrogen-bond acceptors (Lipinski definition) is 3. The lowest BCUT2D eigenvalue weighted by Crippen LogP contribution is -2.08. The average Bonchev–Trinajstić information content (AvgIpc) is 3.03. The van der Waals surface area contributed by atoms with Crippen LogP contribution < -0.4 is 4.74 Å². The summed E-state index contributed by atoms with van der Waals surface area (Å²) in [5, 5.41) is 4.00. The molecule has 3 rings (SSSR count). The van der Waals surface area contributed by atoms with Crippen molar-refractivity contribution >= 4 is 11.0 Å². The number of aromatic nitrogens is 3. The minimum atomic E-state index is -4.47. The number of alkyl halides is 3. The summed E-state index contributed by atoms with van der Waals surface area (Å²) in [6, 6.07) is 1.03. The van der Waals surface area contributed by atoms with Crippen molar-refractivity contribution in [3.8, 4) is 5.88 Å². The highest BCUT2D eigenvalue weighted by Crippen LogP contribution is 2.38. The summed E-state index contributed by atoms with van der Waals surface area (Å²) in [6.45, 7) is 1.81. The Hall–Kier alpha value is -2.05. The van der Waals surface area contributed by atoms with Crippen LogP contribution in [0, 0.1) is 6.92 Å². The number of hydrogen-bond donors (Lipinski definition) is 0. The second-order valence-electron chi connectivity index (χ2n) is 5.48. The zero-order valence-corrected chi connectivity index (χ0v) is 12.4. The van der Waals surface area contributed by atoms with E-state index in [-0.39, 0.29) is 23.5 Å². The zero-order valence-electron chi connectivity index (χ0n) is 12.4. The maximum absolute atomic E-state index is 13.3. The molecule has 1 aliphatic rings. The lowest BCUT2D eigenvalue weighted by molar-refractivity contribution is -0.136. The minimum absolute atomic E-state index is 0.00914. The third-order valence-corrected chi connectivity index (χ3v) is 3.72. The molecule has 1 aliphatic carbocycles. The molecule has 22 heavy (non-hydrogen) atoms. The number of allylic oxidation sites excluding steroid dienone is 1. The van der Waals surface area contributed by atoms with Gasteiger partial charge >= 0.3 is 6.18 Å². The van der Waals surface area contributed by atoms with Crippen LogP contribution in [0.4, 0.5) is 13.2 Å². The smallest absolute Gasteiger partial charge is 0.417 e. The highest BCUT2D eigenvalue weighted by Gasteiger charge is 2.36. The van der Waals surface area contributed by atoms with Gasteiger partial charge in [-0.3, -0.25) is 0 Å². The van der Waals surface area contributed by atoms with E-state index in [2.05, 4.69) is 16.2 Å². The van der Waals surface area contributed by atoms with Crippen molar-refractivity contribution in [2.75, 3.05) is 6.61 Å². The molecule has 0 saturated heterocycles. The van der Waals surface area contributed by atoms with E-state index >= 15 is 0 Å². The van der Waals surface area contributed by atoms with Crippen molar-refractivity contribution in [1.29, 1.82) is 0 Å². The maximum atomic E-state index is 13.3. The molecule has 4 nitrogen and oxygen atoms in total. The third kappa shape index (κ3) is 2.67. The number of fused-ring (bicyclic) bond motifs is 1. The molecule has 2 heterocycles. The largest absolute Gasteiger partial charge is 0.472 e. The predicted octanol–water partition coefficient (Wildman–Crippen LogP) is 3.78. The molecule has 2 aromatic heterocycles. The highest BCUT2D eigenvalue weighted by molar-refractivity contribution is 5.85. The van der Waals surface area contributed by atoms with Gasteiger partial charge < -0.3 is 4.74 Å². The molecular weight excluding hydrogens is 295 g/mol. The van der Waals surface area contributed by atoms with E-state index in [1.54, 1.807) is 7.05 Å². The Morgan fingerprint density at radius 2 is 2.14 bits per heavy atom. The van der Waals surface area contributed by atoms with Crippen LogP contribution in [0.2, 0.25) is 0 Å². The summed E-state index contributed by atoms with van der Waals surface area (Å²) in [5.74, 6) is -0.00914. The van der Waals surface area contributed by atoms with E-state index in [0.717, 1.165) is 30.9 Å². The Kier molecular flexibility index (Phi) is 3.58. The second kappa shape index (κ2) is 5.30. The monoisotopic (exact) mass is 311 g/mol. The van der Waals surface area contributed by atoms with Gasteiger partial charge in [0.1, 0.15) is 6.61 Å². The van der Waals surface area contributed by atoms with Gasteiger partial charge in [0.05, 0.1) is 10.9 Å². The van der Waals surface area contributed by atoms with Crippen molar-refractivity contribution in [3.05, 3.63) is 29.0 Å². The van der Waals surface area contributed by atoms with Crippen LogP contribution in [-0.4, -0.2) is 21.4 Å². The molecule has 0 amide bonds. The highest BCUT2D eigenvalue weighted by atomic mass is 19.4. The van der Waals surface area contributed by atoms with Gasteiger partial charge in [-0.05, 0) is 37.8 Å². The standard InChI is InChI=1S/C15H16F3N3O/c1-9-7-11(15(16,17)18)12-13(19-9)21(2)20-14(12)22-8-10-5-3-4-6-10/h5,7H,3-4,6,8H2,1-2H3. The van der Waals surface area contributed by atoms with Crippen molar-refractivity contribution in [3.63, 3.8) is 0 Å². The second-order valence-corrected chi connectivity index (χ2v) is 5.48. The van der Waals surface area contributed by atoms with Gasteiger partial charge in [-0.15, -0.1) is 5.10 Å². The molecule has 0 spiro atoms. The first-order valence-electron chi connectivity index (χ1n) is 7.08. The molecule has 0 fully saturated rings. The SMILES string of the molecule is Cc1cc(C(F)(F)F)c2c(OCC3=CCCC3)nn(C)c2n1. The van der Waals surface area contributed by atoms with Crippen LogP contribution in [0.3, 0.4) is 0 Å². The Morgan fingerprint density at radius 1 is 1.36 bits per heavy atom. The molecular formula is C15H16F3N3O. The molecule has 0 radical (unpaired) electrons. The van der Waals surface area contributed by atoms with Gasteiger partial charge in [-0.2, -0.15) is 13.2 Å². The molecule has 2 aromatic rings. The average molecular weight is 311 g/mol. The number of rotatable bonds is 3. The number of halogens is 3. The van der Waals surface area contributed by atoms with E-state index < -0.39 is 11.7 Å². The lowest BCUT2D eigenvalue weighted by Gasteiger charge is -2.10. The molecule has 0 saturated carbocycles. The summed E-state index contributed by atoms with van der Waals surface area (Å²) < 4.78 is 46.8. The first-order valence-corrected chi connectivity index (χ1v) is 7.08. The topological polar surface area (TPSA) is 39.9 Å². The van der Waals surface area contributed by atoms with Crippen molar-refractivity contribution < 1.29 is 17.9 Å². The zero-order chi connectivity index (χ0) is 15.9. The van der Waals surface area contributed by atoms with Crippen molar-refractivity contribution in [1.82, 2.24) is 14.8 Å². The van der Waals surface area contributed by atoms with Crippen LogP contribution in [0.5, 0.6) is 5.88 Å². The van der Waals surface area contributed by atoms with Gasteiger partial charge in [-0.1, -0.05) is 6.08 Å². The van der Waals surface area contributed by atoms with Crippen molar-refractivity contribution in [2.24, 2.45) is 7.05 Å². The first kappa shape index (κ1) is 14.9. The fourth-order valence-corrected chi connectivity index (χ4v) is 2.69. The normalized spacial score (nSPS) is 15.4. The van der Waals surface area contributed by atoms with Gasteiger partial charge in [0.2, 0.25) is 5.88 Å². The van der Waals surface area contributed by atoms with E-state index in [1.807, 2.05) is 0 Å². The number of pyridine rings is 1. The van der Waals surface area contributed by atoms with Crippen LogP contribution in [0.15, 0.2) is 17.7 Å². The number of nitrogens with zero attached hydrogens (tertiary/aromatic N) is 3. The summed E-state index contributed by atoms with van der Waals surface area (Å²) in [7, 11) is 1.57. The molecule has 0 atom stereocenters. The first-order chi connectivity index (χ1) is 10.4. The third-order valence-electron chi connectivity index (χ3n) is 3.72. The molecule has 0 bridgehead atoms. The van der Waals surface area contributed by atoms with Crippen molar-refractivity contribution in [2.45, 2.75) is 32.4 Å². The molecule has 0 N–H and O–H groups in total. The molecule has 0 unspecified atom stereocenters. The Balaban J connectivity index is 2.06. The van der Waals surface area contributed by atoms with Crippen LogP contribution in [-0.2, 0) is 13.2 Å². The van der Waals surface area contributed by atoms with E-state index in [0.29, 0.717) is 5.69 Å². The Morgan fingerprint density at radius 3 is 2.77 bits per heavy atom. The summed E-state index contributed by atoms with van der Waals surface area (Å²) >= 11 is 0. The predicted molar refractivity (Wildman–Crippen MR) is 75.7 cm³/mol. The summed E-state index contributed by atoms with van der Waals surface area (Å²) in [6.07, 6.45) is 0.582. The molecule has 118 valence electrons. The van der Waals surface area contributed by atoms with Crippen LogP contribution in [0.1, 0.15) is 30.5 Å². The fraction of sp³-hybridized carbons (Fsp3) is 0.467. The van der Waals surface area contributed by atoms with Gasteiger partial charge in [-0.25, -0.2) is 9.67 Å². The quantitative estimate of drug-likeness (QED) is 0.810. The number of aryl methyl sites for hydroxylation is 2. The van der Waals surface area contributed by atoms with Gasteiger partial charge in [0, 0.05) is 12.7 Å². The Bertz CT molecular complexity index is 747. The summed E-state index contributed by atoms with van der Waals surface area (Å²) in [4.78, 5) is 4.16. The molecule has 0 aliphatic heterocycles. The van der Waals surface area contributed by atoms with E-state index in [4.69, 9.17) is 4.74 Å². The van der Waals surface area contributed by atoms with Gasteiger partial charge in [0.15, 0.2) is 5.65 Å². The maximum Gasteiger partial charge on any atom is 0.417 e. The lowest BCUT2D eigenvalue weighted by atomic mass is 10.1. The molecule has 0 aromatic carbocycles. The van der Waals surface area contributed by atoms with Crippen LogP contribution in [0.25, 0.3) is 11.0 Å². The van der Waals surface area contributed by atoms with E-state index in [9.17, 15) is 13.2 Å². The minimum Gasteiger partial charge on any atom is -0.472 e. The fourth-order valence-electron chi connectivity index (χ4n) is 2.69. The summed E-state index contributed by atoms with van der Waals surface area (Å²) in [5.41, 5.74) is 0.835. The molecule has 7 heteroatoms. The van der Waals surface area contributed by atoms with E-state index in [1.165, 1.54) is 11.6 Å².